The zero-order valence-electron chi connectivity index (χ0n) is 16.0. The van der Waals surface area contributed by atoms with Crippen molar-refractivity contribution in [3.63, 3.8) is 0 Å². The Labute approximate surface area is 169 Å². The fourth-order valence-electron chi connectivity index (χ4n) is 3.71. The molecule has 1 aliphatic heterocycles. The number of carbonyl (C=O) groups excluding carboxylic acids is 1. The van der Waals surface area contributed by atoms with Crippen molar-refractivity contribution in [2.75, 3.05) is 18.9 Å². The van der Waals surface area contributed by atoms with E-state index in [2.05, 4.69) is 34.5 Å². The van der Waals surface area contributed by atoms with E-state index in [0.29, 0.717) is 17.4 Å². The van der Waals surface area contributed by atoms with Crippen LogP contribution < -0.4 is 5.84 Å². The second kappa shape index (κ2) is 8.22. The topological polar surface area (TPSA) is 77.0 Å². The lowest BCUT2D eigenvalue weighted by Gasteiger charge is -2.28. The van der Waals surface area contributed by atoms with Gasteiger partial charge in [-0.25, -0.2) is 4.68 Å². The second-order valence-electron chi connectivity index (χ2n) is 7.23. The van der Waals surface area contributed by atoms with E-state index in [1.807, 2.05) is 30.0 Å². The highest BCUT2D eigenvalue weighted by Crippen LogP contribution is 2.25. The van der Waals surface area contributed by atoms with Crippen molar-refractivity contribution >= 4 is 28.4 Å². The third kappa shape index (κ3) is 3.85. The summed E-state index contributed by atoms with van der Waals surface area (Å²) in [7, 11) is 0. The van der Waals surface area contributed by atoms with Gasteiger partial charge in [-0.15, -0.1) is 10.2 Å². The fourth-order valence-corrected chi connectivity index (χ4v) is 4.58. The molecule has 28 heavy (non-hydrogen) atoms. The lowest BCUT2D eigenvalue weighted by molar-refractivity contribution is -0.131. The van der Waals surface area contributed by atoms with Crippen molar-refractivity contribution in [1.29, 1.82) is 0 Å². The smallest absolute Gasteiger partial charge is 0.235 e. The molecule has 7 heteroatoms. The average molecular weight is 396 g/mol. The van der Waals surface area contributed by atoms with Gasteiger partial charge in [0.25, 0.3) is 0 Å². The molecule has 3 aromatic rings. The molecule has 2 heterocycles. The normalized spacial score (nSPS) is 15.7. The predicted octanol–water partition coefficient (Wildman–Crippen LogP) is 3.23. The number of fused-ring (bicyclic) bond motifs is 1. The minimum absolute atomic E-state index is 0.156. The van der Waals surface area contributed by atoms with E-state index in [1.165, 1.54) is 33.6 Å². The maximum Gasteiger partial charge on any atom is 0.235 e. The van der Waals surface area contributed by atoms with Gasteiger partial charge in [-0.05, 0) is 42.5 Å². The summed E-state index contributed by atoms with van der Waals surface area (Å²) in [6, 6.07) is 14.5. The molecule has 6 nitrogen and oxygen atoms in total. The van der Waals surface area contributed by atoms with Gasteiger partial charge in [-0.2, -0.15) is 0 Å². The Balaban J connectivity index is 1.49. The van der Waals surface area contributed by atoms with Gasteiger partial charge in [0.1, 0.15) is 0 Å². The van der Waals surface area contributed by atoms with E-state index in [9.17, 15) is 4.79 Å². The third-order valence-electron chi connectivity index (χ3n) is 5.26. The van der Waals surface area contributed by atoms with Crippen LogP contribution in [0.15, 0.2) is 47.6 Å². The molecule has 0 radical (unpaired) electrons. The molecule has 1 aromatic heterocycles. The number of nitrogen functional groups attached to an aromatic ring is 1. The molecule has 0 spiro atoms. The van der Waals surface area contributed by atoms with Crippen molar-refractivity contribution in [3.8, 4) is 0 Å². The first kappa shape index (κ1) is 18.8. The summed E-state index contributed by atoms with van der Waals surface area (Å²) in [5.74, 6) is 7.12. The number of hydrogen-bond acceptors (Lipinski definition) is 5. The van der Waals surface area contributed by atoms with Crippen LogP contribution in [0.25, 0.3) is 10.8 Å². The van der Waals surface area contributed by atoms with Gasteiger partial charge in [0.2, 0.25) is 11.1 Å². The molecular weight excluding hydrogens is 370 g/mol. The van der Waals surface area contributed by atoms with Gasteiger partial charge in [0.15, 0.2) is 5.82 Å². The van der Waals surface area contributed by atoms with Crippen LogP contribution in [-0.4, -0.2) is 44.0 Å². The number of thioether (sulfide) groups is 1. The van der Waals surface area contributed by atoms with Gasteiger partial charge in [0.05, 0.1) is 5.25 Å². The van der Waals surface area contributed by atoms with Crippen LogP contribution in [0.5, 0.6) is 0 Å². The summed E-state index contributed by atoms with van der Waals surface area (Å²) in [4.78, 5) is 14.6. The first-order valence-electron chi connectivity index (χ1n) is 9.75. The molecule has 4 rings (SSSR count). The van der Waals surface area contributed by atoms with Crippen molar-refractivity contribution in [2.45, 2.75) is 43.0 Å². The summed E-state index contributed by atoms with van der Waals surface area (Å²) < 4.78 is 1.52. The highest BCUT2D eigenvalue weighted by atomic mass is 32.2. The molecule has 1 saturated heterocycles. The molecule has 0 unspecified atom stereocenters. The molecule has 1 atom stereocenters. The van der Waals surface area contributed by atoms with Crippen LogP contribution in [0.3, 0.4) is 0 Å². The molecule has 0 aliphatic carbocycles. The molecule has 1 amide bonds. The Morgan fingerprint density at radius 2 is 1.86 bits per heavy atom. The fraction of sp³-hybridized carbons (Fsp3) is 0.381. The number of likely N-dealkylation sites (tertiary alicyclic amines) is 1. The third-order valence-corrected chi connectivity index (χ3v) is 6.31. The Morgan fingerprint density at radius 1 is 1.11 bits per heavy atom. The first-order chi connectivity index (χ1) is 13.6. The summed E-state index contributed by atoms with van der Waals surface area (Å²) in [5, 5.41) is 11.3. The second-order valence-corrected chi connectivity index (χ2v) is 8.54. The SMILES string of the molecule is C[C@@H](Sc1nnc(Cc2cccc3ccccc23)n1N)C(=O)N1CCCCC1. The number of hydrogen-bond donors (Lipinski definition) is 1. The lowest BCUT2D eigenvalue weighted by atomic mass is 10.0. The van der Waals surface area contributed by atoms with E-state index in [4.69, 9.17) is 5.84 Å². The number of piperidine rings is 1. The Kier molecular flexibility index (Phi) is 5.52. The Morgan fingerprint density at radius 3 is 2.68 bits per heavy atom. The van der Waals surface area contributed by atoms with Gasteiger partial charge in [0, 0.05) is 19.5 Å². The quantitative estimate of drug-likeness (QED) is 0.530. The van der Waals surface area contributed by atoms with Crippen molar-refractivity contribution in [2.24, 2.45) is 0 Å². The van der Waals surface area contributed by atoms with Crippen molar-refractivity contribution in [1.82, 2.24) is 19.8 Å². The van der Waals surface area contributed by atoms with Gasteiger partial charge >= 0.3 is 0 Å². The van der Waals surface area contributed by atoms with Crippen LogP contribution in [0.4, 0.5) is 0 Å². The van der Waals surface area contributed by atoms with Gasteiger partial charge in [-0.1, -0.05) is 54.2 Å². The Hall–Kier alpha value is -2.54. The number of carbonyl (C=O) groups is 1. The number of rotatable bonds is 5. The maximum atomic E-state index is 12.7. The predicted molar refractivity (Wildman–Crippen MR) is 113 cm³/mol. The molecular formula is C21H25N5OS. The number of amides is 1. The van der Waals surface area contributed by atoms with E-state index in [0.717, 1.165) is 31.5 Å². The maximum absolute atomic E-state index is 12.7. The monoisotopic (exact) mass is 395 g/mol. The average Bonchev–Trinajstić information content (AvgIpc) is 3.07. The molecule has 146 valence electrons. The minimum Gasteiger partial charge on any atom is -0.342 e. The van der Waals surface area contributed by atoms with Crippen molar-refractivity contribution in [3.05, 3.63) is 53.9 Å². The molecule has 0 bridgehead atoms. The molecule has 2 aromatic carbocycles. The minimum atomic E-state index is -0.227. The Bertz CT molecular complexity index is 975. The lowest BCUT2D eigenvalue weighted by Crippen LogP contribution is -2.40. The van der Waals surface area contributed by atoms with E-state index >= 15 is 0 Å². The van der Waals surface area contributed by atoms with Crippen LogP contribution in [0.2, 0.25) is 0 Å². The van der Waals surface area contributed by atoms with Gasteiger partial charge in [-0.3, -0.25) is 4.79 Å². The van der Waals surface area contributed by atoms with Crippen LogP contribution >= 0.6 is 11.8 Å². The number of benzene rings is 2. The zero-order valence-corrected chi connectivity index (χ0v) is 16.9. The molecule has 1 fully saturated rings. The zero-order chi connectivity index (χ0) is 19.5. The first-order valence-corrected chi connectivity index (χ1v) is 10.6. The molecule has 2 N–H and O–H groups in total. The summed E-state index contributed by atoms with van der Waals surface area (Å²) in [6.07, 6.45) is 3.98. The summed E-state index contributed by atoms with van der Waals surface area (Å²) in [6.45, 7) is 3.62. The van der Waals surface area contributed by atoms with Crippen LogP contribution in [0.1, 0.15) is 37.6 Å². The number of aromatic nitrogens is 3. The van der Waals surface area contributed by atoms with Crippen LogP contribution in [0, 0.1) is 0 Å². The molecule has 0 saturated carbocycles. The standard InChI is InChI=1S/C21H25N5OS/c1-15(20(27)25-12-5-2-6-13-25)28-21-24-23-19(26(21)22)14-17-10-7-9-16-8-3-4-11-18(16)17/h3-4,7-11,15H,2,5-6,12-14,22H2,1H3/t15-/m1/s1. The highest BCUT2D eigenvalue weighted by Gasteiger charge is 2.25. The molecule has 1 aliphatic rings. The van der Waals surface area contributed by atoms with E-state index in [-0.39, 0.29) is 11.2 Å². The van der Waals surface area contributed by atoms with E-state index in [1.54, 1.807) is 0 Å². The highest BCUT2D eigenvalue weighted by molar-refractivity contribution is 8.00. The number of nitrogens with zero attached hydrogens (tertiary/aromatic N) is 4. The number of nitrogens with two attached hydrogens (primary N) is 1. The van der Waals surface area contributed by atoms with Crippen molar-refractivity contribution < 1.29 is 4.79 Å². The summed E-state index contributed by atoms with van der Waals surface area (Å²) in [5.41, 5.74) is 1.16. The van der Waals surface area contributed by atoms with Crippen LogP contribution in [-0.2, 0) is 11.2 Å². The van der Waals surface area contributed by atoms with Gasteiger partial charge < -0.3 is 10.7 Å². The summed E-state index contributed by atoms with van der Waals surface area (Å²) >= 11 is 1.38. The van der Waals surface area contributed by atoms with E-state index < -0.39 is 0 Å². The largest absolute Gasteiger partial charge is 0.342 e.